The van der Waals surface area contributed by atoms with Crippen molar-refractivity contribution in [1.82, 2.24) is 14.1 Å². The fraction of sp³-hybridized carbons (Fsp3) is 0. The lowest BCUT2D eigenvalue weighted by atomic mass is 10.0. The van der Waals surface area contributed by atoms with Crippen LogP contribution in [0.15, 0.2) is 231 Å². The highest BCUT2D eigenvalue weighted by atomic mass is 15.1. The van der Waals surface area contributed by atoms with E-state index in [2.05, 4.69) is 225 Å². The van der Waals surface area contributed by atoms with Crippen LogP contribution >= 0.6 is 0 Å². The van der Waals surface area contributed by atoms with Crippen molar-refractivity contribution in [1.29, 1.82) is 0 Å². The van der Waals surface area contributed by atoms with Crippen LogP contribution in [0.4, 0.5) is 17.1 Å². The van der Waals surface area contributed by atoms with Crippen LogP contribution in [-0.4, -0.2) is 14.1 Å². The summed E-state index contributed by atoms with van der Waals surface area (Å²) in [5.41, 5.74) is 15.9. The van der Waals surface area contributed by atoms with Crippen LogP contribution in [-0.2, 0) is 0 Å². The second-order valence-electron chi connectivity index (χ2n) is 14.9. The molecule has 0 spiro atoms. The molecule has 11 rings (SSSR count). The van der Waals surface area contributed by atoms with Crippen LogP contribution in [0.1, 0.15) is 0 Å². The van der Waals surface area contributed by atoms with Crippen molar-refractivity contribution >= 4 is 49.8 Å². The predicted molar refractivity (Wildman–Crippen MR) is 246 cm³/mol. The maximum atomic E-state index is 4.58. The summed E-state index contributed by atoms with van der Waals surface area (Å²) < 4.78 is 4.71. The minimum absolute atomic E-state index is 0.959. The van der Waals surface area contributed by atoms with Gasteiger partial charge in [0, 0.05) is 62.6 Å². The molecule has 0 bridgehead atoms. The molecule has 4 nitrogen and oxygen atoms in total. The van der Waals surface area contributed by atoms with Gasteiger partial charge in [-0.2, -0.15) is 0 Å². The smallest absolute Gasteiger partial charge is 0.0701 e. The van der Waals surface area contributed by atoms with Crippen LogP contribution in [0.5, 0.6) is 0 Å². The lowest BCUT2D eigenvalue weighted by molar-refractivity contribution is 1.13. The maximum Gasteiger partial charge on any atom is 0.0701 e. The molecule has 0 N–H and O–H groups in total. The monoisotopic (exact) mass is 754 g/mol. The summed E-state index contributed by atoms with van der Waals surface area (Å²) in [5, 5.41) is 3.69. The molecule has 0 atom stereocenters. The van der Waals surface area contributed by atoms with Gasteiger partial charge in [0.15, 0.2) is 0 Å². The summed E-state index contributed by atoms with van der Waals surface area (Å²) in [6.07, 6.45) is 4.03. The summed E-state index contributed by atoms with van der Waals surface area (Å²) in [4.78, 5) is 6.90. The fourth-order valence-electron chi connectivity index (χ4n) is 8.56. The Hall–Kier alpha value is -7.95. The first-order chi connectivity index (χ1) is 29.3. The van der Waals surface area contributed by atoms with E-state index in [1.165, 1.54) is 49.4 Å². The van der Waals surface area contributed by atoms with Crippen molar-refractivity contribution in [3.8, 4) is 44.9 Å². The summed E-state index contributed by atoms with van der Waals surface area (Å²) in [6, 6.07) is 78.1. The molecule has 0 fully saturated rings. The number of hydrogen-bond acceptors (Lipinski definition) is 2. The largest absolute Gasteiger partial charge is 0.316 e. The highest BCUT2D eigenvalue weighted by Gasteiger charge is 2.19. The maximum absolute atomic E-state index is 4.58. The topological polar surface area (TPSA) is 26.0 Å². The Morgan fingerprint density at radius 2 is 0.881 bits per heavy atom. The molecule has 0 aliphatic rings. The average Bonchev–Trinajstić information content (AvgIpc) is 3.90. The number of para-hydroxylation sites is 2. The van der Waals surface area contributed by atoms with E-state index in [1.807, 2.05) is 24.4 Å². The van der Waals surface area contributed by atoms with Crippen LogP contribution in [0.3, 0.4) is 0 Å². The first-order valence-electron chi connectivity index (χ1n) is 20.0. The Morgan fingerprint density at radius 1 is 0.356 bits per heavy atom. The van der Waals surface area contributed by atoms with Gasteiger partial charge in [-0.25, -0.2) is 0 Å². The molecule has 59 heavy (non-hydrogen) atoms. The van der Waals surface area contributed by atoms with E-state index in [9.17, 15) is 0 Å². The van der Waals surface area contributed by atoms with E-state index in [0.29, 0.717) is 0 Å². The molecular weight excluding hydrogens is 717 g/mol. The first kappa shape index (κ1) is 34.3. The van der Waals surface area contributed by atoms with Gasteiger partial charge in [0.1, 0.15) is 0 Å². The molecule has 11 aromatic rings. The quantitative estimate of drug-likeness (QED) is 0.154. The fourth-order valence-corrected chi connectivity index (χ4v) is 8.56. The predicted octanol–water partition coefficient (Wildman–Crippen LogP) is 14.6. The minimum Gasteiger partial charge on any atom is -0.316 e. The molecule has 0 radical (unpaired) electrons. The highest BCUT2D eigenvalue weighted by molar-refractivity contribution is 6.19. The van der Waals surface area contributed by atoms with Gasteiger partial charge in [-0.15, -0.1) is 0 Å². The average molecular weight is 755 g/mol. The molecule has 0 aliphatic carbocycles. The zero-order chi connectivity index (χ0) is 39.1. The van der Waals surface area contributed by atoms with Gasteiger partial charge in [0.05, 0.1) is 22.2 Å². The van der Waals surface area contributed by atoms with Crippen molar-refractivity contribution in [2.24, 2.45) is 0 Å². The lowest BCUT2D eigenvalue weighted by Crippen LogP contribution is -2.09. The number of fused-ring (bicyclic) bond motifs is 5. The molecule has 278 valence electrons. The third-order valence-electron chi connectivity index (χ3n) is 11.4. The van der Waals surface area contributed by atoms with Gasteiger partial charge in [0.2, 0.25) is 0 Å². The Morgan fingerprint density at radius 3 is 1.51 bits per heavy atom. The first-order valence-corrected chi connectivity index (χ1v) is 20.0. The normalized spacial score (nSPS) is 11.4. The molecule has 0 unspecified atom stereocenters. The Kier molecular flexibility index (Phi) is 8.45. The zero-order valence-electron chi connectivity index (χ0n) is 32.2. The van der Waals surface area contributed by atoms with Gasteiger partial charge in [-0.1, -0.05) is 121 Å². The SMILES string of the molecule is c1ccc(-c2ccc(N(c3ccc(-c4ccc5c(c4)c4ccc6c(ccn6-c6ccccc6)c4n5-c4ccccc4)cc3)c3ccc(-c4ccccn4)cc3)cc2)cc1. The standard InChI is InChI=1S/C55H38N4/c1-4-12-39(13-5-1)40-19-26-46(27-20-40)58(48-30-23-42(24-31-48)52-18-10-11-36-56-52)47-28-21-41(22-29-47)43-25-33-54-51(38-43)49-32-34-53-50(35-37-57(53)44-14-6-2-7-15-44)55(49)59(54)45-16-8-3-9-17-45/h1-38H. The molecule has 3 aromatic heterocycles. The Labute approximate surface area is 343 Å². The van der Waals surface area contributed by atoms with Gasteiger partial charge in [-0.3, -0.25) is 4.98 Å². The van der Waals surface area contributed by atoms with E-state index in [-0.39, 0.29) is 0 Å². The van der Waals surface area contributed by atoms with Gasteiger partial charge in [-0.05, 0) is 119 Å². The third kappa shape index (κ3) is 6.15. The molecular formula is C55H38N4. The summed E-state index contributed by atoms with van der Waals surface area (Å²) in [5.74, 6) is 0. The summed E-state index contributed by atoms with van der Waals surface area (Å²) in [6.45, 7) is 0. The van der Waals surface area contributed by atoms with E-state index in [4.69, 9.17) is 0 Å². The molecule has 0 saturated heterocycles. The molecule has 3 heterocycles. The van der Waals surface area contributed by atoms with Crippen LogP contribution in [0.25, 0.3) is 77.6 Å². The number of benzene rings is 8. The molecule has 0 aliphatic heterocycles. The Bertz CT molecular complexity index is 3120. The van der Waals surface area contributed by atoms with Gasteiger partial charge < -0.3 is 14.0 Å². The number of hydrogen-bond donors (Lipinski definition) is 0. The molecule has 4 heteroatoms. The molecule has 0 amide bonds. The van der Waals surface area contributed by atoms with Gasteiger partial charge in [0.25, 0.3) is 0 Å². The van der Waals surface area contributed by atoms with Gasteiger partial charge >= 0.3 is 0 Å². The van der Waals surface area contributed by atoms with E-state index >= 15 is 0 Å². The van der Waals surface area contributed by atoms with Crippen molar-refractivity contribution in [3.05, 3.63) is 231 Å². The number of rotatable bonds is 8. The van der Waals surface area contributed by atoms with Crippen LogP contribution in [0.2, 0.25) is 0 Å². The molecule has 8 aromatic carbocycles. The van der Waals surface area contributed by atoms with E-state index < -0.39 is 0 Å². The van der Waals surface area contributed by atoms with Crippen LogP contribution < -0.4 is 4.90 Å². The molecule has 0 saturated carbocycles. The van der Waals surface area contributed by atoms with E-state index in [1.54, 1.807) is 0 Å². The van der Waals surface area contributed by atoms with Crippen molar-refractivity contribution in [2.75, 3.05) is 4.90 Å². The number of aromatic nitrogens is 3. The number of nitrogens with zero attached hydrogens (tertiary/aromatic N) is 4. The van der Waals surface area contributed by atoms with Crippen LogP contribution in [0, 0.1) is 0 Å². The van der Waals surface area contributed by atoms with Crippen molar-refractivity contribution in [3.63, 3.8) is 0 Å². The minimum atomic E-state index is 0.959. The lowest BCUT2D eigenvalue weighted by Gasteiger charge is -2.26. The number of pyridine rings is 1. The second-order valence-corrected chi connectivity index (χ2v) is 14.9. The summed E-state index contributed by atoms with van der Waals surface area (Å²) >= 11 is 0. The van der Waals surface area contributed by atoms with Crippen molar-refractivity contribution in [2.45, 2.75) is 0 Å². The number of anilines is 3. The summed E-state index contributed by atoms with van der Waals surface area (Å²) in [7, 11) is 0. The second kappa shape index (κ2) is 14.5. The van der Waals surface area contributed by atoms with Crippen molar-refractivity contribution < 1.29 is 0 Å². The highest BCUT2D eigenvalue weighted by Crippen LogP contribution is 2.41. The zero-order valence-corrected chi connectivity index (χ0v) is 32.2. The third-order valence-corrected chi connectivity index (χ3v) is 11.4. The van der Waals surface area contributed by atoms with E-state index in [0.717, 1.165) is 45.3 Å². The Balaban J connectivity index is 1.00.